The second-order valence-electron chi connectivity index (χ2n) is 1.97. The highest BCUT2D eigenvalue weighted by atomic mass is 16.5. The molecule has 0 aliphatic rings. The summed E-state index contributed by atoms with van der Waals surface area (Å²) < 4.78 is 4.71. The van der Waals surface area contributed by atoms with Crippen LogP contribution in [0.2, 0.25) is 0 Å². The van der Waals surface area contributed by atoms with E-state index < -0.39 is 0 Å². The Kier molecular flexibility index (Phi) is 6.37. The standard InChI is InChI=1S/C7H14N2O2/c1-3-11-7(10)5-4-6-9-8-2/h9H,2-6H2,1H3. The first-order valence-electron chi connectivity index (χ1n) is 3.65. The van der Waals surface area contributed by atoms with E-state index in [-0.39, 0.29) is 5.97 Å². The molecule has 11 heavy (non-hydrogen) atoms. The van der Waals surface area contributed by atoms with Gasteiger partial charge >= 0.3 is 5.97 Å². The lowest BCUT2D eigenvalue weighted by Crippen LogP contribution is -2.10. The average molecular weight is 158 g/mol. The van der Waals surface area contributed by atoms with Crippen LogP contribution in [0.1, 0.15) is 19.8 Å². The third-order valence-corrected chi connectivity index (χ3v) is 1.09. The minimum atomic E-state index is -0.154. The van der Waals surface area contributed by atoms with Crippen molar-refractivity contribution in [3.63, 3.8) is 0 Å². The van der Waals surface area contributed by atoms with Gasteiger partial charge in [0.1, 0.15) is 0 Å². The number of hydrogen-bond donors (Lipinski definition) is 1. The summed E-state index contributed by atoms with van der Waals surface area (Å²) in [5, 5.41) is 3.43. The van der Waals surface area contributed by atoms with Crippen molar-refractivity contribution in [2.24, 2.45) is 5.10 Å². The molecular weight excluding hydrogens is 144 g/mol. The molecule has 0 aromatic heterocycles. The second-order valence-corrected chi connectivity index (χ2v) is 1.97. The summed E-state index contributed by atoms with van der Waals surface area (Å²) in [6.07, 6.45) is 1.17. The molecule has 0 atom stereocenters. The van der Waals surface area contributed by atoms with Crippen molar-refractivity contribution >= 4 is 12.7 Å². The van der Waals surface area contributed by atoms with Gasteiger partial charge in [0.15, 0.2) is 0 Å². The first kappa shape index (κ1) is 9.94. The van der Waals surface area contributed by atoms with Gasteiger partial charge in [-0.25, -0.2) is 0 Å². The number of nitrogens with zero attached hydrogens (tertiary/aromatic N) is 1. The van der Waals surface area contributed by atoms with Gasteiger partial charge in [-0.2, -0.15) is 5.10 Å². The number of esters is 1. The Bertz CT molecular complexity index is 126. The third-order valence-electron chi connectivity index (χ3n) is 1.09. The summed E-state index contributed by atoms with van der Waals surface area (Å²) in [6, 6.07) is 0. The van der Waals surface area contributed by atoms with Crippen LogP contribution in [0.5, 0.6) is 0 Å². The van der Waals surface area contributed by atoms with Crippen molar-refractivity contribution in [3.8, 4) is 0 Å². The van der Waals surface area contributed by atoms with E-state index in [1.807, 2.05) is 0 Å². The summed E-state index contributed by atoms with van der Waals surface area (Å²) in [6.45, 7) is 6.15. The minimum Gasteiger partial charge on any atom is -0.466 e. The predicted octanol–water partition coefficient (Wildman–Crippen LogP) is 0.535. The van der Waals surface area contributed by atoms with Crippen LogP contribution in [0.4, 0.5) is 0 Å². The van der Waals surface area contributed by atoms with E-state index in [0.29, 0.717) is 19.6 Å². The highest BCUT2D eigenvalue weighted by molar-refractivity contribution is 5.69. The zero-order valence-electron chi connectivity index (χ0n) is 6.80. The van der Waals surface area contributed by atoms with Crippen LogP contribution < -0.4 is 5.43 Å². The van der Waals surface area contributed by atoms with Crippen molar-refractivity contribution < 1.29 is 9.53 Å². The zero-order chi connectivity index (χ0) is 8.53. The van der Waals surface area contributed by atoms with Crippen LogP contribution >= 0.6 is 0 Å². The average Bonchev–Trinajstić information content (AvgIpc) is 1.99. The molecule has 0 aliphatic carbocycles. The van der Waals surface area contributed by atoms with Gasteiger partial charge in [0.25, 0.3) is 0 Å². The Labute approximate surface area is 66.6 Å². The van der Waals surface area contributed by atoms with Gasteiger partial charge in [0.2, 0.25) is 0 Å². The number of hydrogen-bond acceptors (Lipinski definition) is 4. The maximum absolute atomic E-state index is 10.7. The summed E-state index contributed by atoms with van der Waals surface area (Å²) in [4.78, 5) is 10.7. The normalized spacial score (nSPS) is 8.82. The van der Waals surface area contributed by atoms with Gasteiger partial charge < -0.3 is 10.2 Å². The fourth-order valence-corrected chi connectivity index (χ4v) is 0.624. The SMILES string of the molecule is C=NNCCCC(=O)OCC. The molecule has 0 saturated carbocycles. The van der Waals surface area contributed by atoms with Gasteiger partial charge in [-0.3, -0.25) is 4.79 Å². The Morgan fingerprint density at radius 1 is 1.73 bits per heavy atom. The quantitative estimate of drug-likeness (QED) is 0.265. The lowest BCUT2D eigenvalue weighted by atomic mass is 10.3. The van der Waals surface area contributed by atoms with Gasteiger partial charge in [0, 0.05) is 19.7 Å². The molecule has 4 nitrogen and oxygen atoms in total. The molecule has 0 aromatic carbocycles. The molecular formula is C7H14N2O2. The molecule has 1 N–H and O–H groups in total. The molecule has 0 saturated heterocycles. The Balaban J connectivity index is 3.10. The lowest BCUT2D eigenvalue weighted by Gasteiger charge is -2.00. The Morgan fingerprint density at radius 3 is 3.00 bits per heavy atom. The highest BCUT2D eigenvalue weighted by Crippen LogP contribution is 1.90. The fourth-order valence-electron chi connectivity index (χ4n) is 0.624. The number of hydrazone groups is 1. The first-order valence-corrected chi connectivity index (χ1v) is 3.65. The van der Waals surface area contributed by atoms with Crippen molar-refractivity contribution in [2.75, 3.05) is 13.2 Å². The molecule has 0 bridgehead atoms. The molecule has 0 radical (unpaired) electrons. The van der Waals surface area contributed by atoms with E-state index >= 15 is 0 Å². The molecule has 0 fully saturated rings. The molecule has 0 aliphatic heterocycles. The zero-order valence-corrected chi connectivity index (χ0v) is 6.80. The van der Waals surface area contributed by atoms with E-state index in [1.165, 1.54) is 0 Å². The van der Waals surface area contributed by atoms with Crippen molar-refractivity contribution in [2.45, 2.75) is 19.8 Å². The number of carbonyl (C=O) groups is 1. The van der Waals surface area contributed by atoms with Crippen LogP contribution in [-0.4, -0.2) is 25.8 Å². The molecule has 0 rings (SSSR count). The van der Waals surface area contributed by atoms with Crippen molar-refractivity contribution in [1.82, 2.24) is 5.43 Å². The largest absolute Gasteiger partial charge is 0.466 e. The summed E-state index contributed by atoms with van der Waals surface area (Å²) in [5.74, 6) is -0.154. The van der Waals surface area contributed by atoms with E-state index in [0.717, 1.165) is 6.42 Å². The molecule has 0 aromatic rings. The number of carbonyl (C=O) groups excluding carboxylic acids is 1. The predicted molar refractivity (Wildman–Crippen MR) is 43.4 cm³/mol. The monoisotopic (exact) mass is 158 g/mol. The minimum absolute atomic E-state index is 0.154. The van der Waals surface area contributed by atoms with Crippen LogP contribution in [0.15, 0.2) is 5.10 Å². The van der Waals surface area contributed by atoms with Crippen LogP contribution in [0.3, 0.4) is 0 Å². The van der Waals surface area contributed by atoms with Crippen LogP contribution in [0.25, 0.3) is 0 Å². The Hall–Kier alpha value is -1.06. The second kappa shape index (κ2) is 7.05. The smallest absolute Gasteiger partial charge is 0.305 e. The van der Waals surface area contributed by atoms with Gasteiger partial charge in [-0.1, -0.05) is 0 Å². The van der Waals surface area contributed by atoms with Gasteiger partial charge in [0.05, 0.1) is 6.61 Å². The van der Waals surface area contributed by atoms with E-state index in [4.69, 9.17) is 4.74 Å². The summed E-state index contributed by atoms with van der Waals surface area (Å²) in [5.41, 5.74) is 2.65. The van der Waals surface area contributed by atoms with E-state index in [2.05, 4.69) is 17.2 Å². The molecule has 0 spiro atoms. The Morgan fingerprint density at radius 2 is 2.45 bits per heavy atom. The molecule has 0 heterocycles. The first-order chi connectivity index (χ1) is 5.31. The lowest BCUT2D eigenvalue weighted by molar-refractivity contribution is -0.143. The van der Waals surface area contributed by atoms with Gasteiger partial charge in [-0.15, -0.1) is 0 Å². The fraction of sp³-hybridized carbons (Fsp3) is 0.714. The van der Waals surface area contributed by atoms with Crippen LogP contribution in [0, 0.1) is 0 Å². The third kappa shape index (κ3) is 6.83. The van der Waals surface area contributed by atoms with Crippen LogP contribution in [-0.2, 0) is 9.53 Å². The van der Waals surface area contributed by atoms with Gasteiger partial charge in [-0.05, 0) is 13.3 Å². The number of nitrogens with one attached hydrogen (secondary N) is 1. The maximum atomic E-state index is 10.7. The van der Waals surface area contributed by atoms with E-state index in [9.17, 15) is 4.79 Å². The molecule has 4 heteroatoms. The summed E-state index contributed by atoms with van der Waals surface area (Å²) >= 11 is 0. The van der Waals surface area contributed by atoms with Crippen molar-refractivity contribution in [3.05, 3.63) is 0 Å². The van der Waals surface area contributed by atoms with Crippen molar-refractivity contribution in [1.29, 1.82) is 0 Å². The highest BCUT2D eigenvalue weighted by Gasteiger charge is 1.98. The molecule has 0 amide bonds. The number of rotatable bonds is 6. The summed E-state index contributed by atoms with van der Waals surface area (Å²) in [7, 11) is 0. The van der Waals surface area contributed by atoms with E-state index in [1.54, 1.807) is 6.92 Å². The number of ether oxygens (including phenoxy) is 1. The molecule has 64 valence electrons. The topological polar surface area (TPSA) is 50.7 Å². The molecule has 0 unspecified atom stereocenters. The maximum Gasteiger partial charge on any atom is 0.305 e.